The molecule has 2 aromatic carbocycles. The topological polar surface area (TPSA) is 395 Å². The number of urea groups is 1. The Balaban J connectivity index is 0.000000161. The third-order valence-electron chi connectivity index (χ3n) is 19.7. The Morgan fingerprint density at radius 3 is 1.59 bits per heavy atom. The fraction of sp³-hybridized carbons (Fsp3) is 0.574. The van der Waals surface area contributed by atoms with Crippen molar-refractivity contribution in [2.24, 2.45) is 35.5 Å². The lowest BCUT2D eigenvalue weighted by atomic mass is 9.53. The minimum atomic E-state index is -3.85. The van der Waals surface area contributed by atoms with Gasteiger partial charge in [0.2, 0.25) is 20.0 Å². The molecule has 11 aliphatic rings. The van der Waals surface area contributed by atoms with Crippen molar-refractivity contribution in [3.8, 4) is 5.75 Å². The first kappa shape index (κ1) is 63.0. The summed E-state index contributed by atoms with van der Waals surface area (Å²) in [5.41, 5.74) is 0.376. The number of amides is 5. The lowest BCUT2D eigenvalue weighted by molar-refractivity contribution is -0.197. The molecule has 30 nitrogen and oxygen atoms in total. The smallest absolute Gasteiger partial charge is 0.410 e. The van der Waals surface area contributed by atoms with Gasteiger partial charge in [0.25, 0.3) is 11.8 Å². The van der Waals surface area contributed by atoms with Crippen molar-refractivity contribution >= 4 is 83.6 Å². The second kappa shape index (κ2) is 24.1. The number of anilines is 3. The van der Waals surface area contributed by atoms with Crippen molar-refractivity contribution in [2.45, 2.75) is 180 Å². The van der Waals surface area contributed by atoms with Gasteiger partial charge in [0.05, 0.1) is 22.4 Å². The predicted molar refractivity (Wildman–Crippen MR) is 329 cm³/mol. The molecular formula is C61H75N15O15S2. The molecule has 17 rings (SSSR count). The van der Waals surface area contributed by atoms with Crippen LogP contribution in [0.15, 0.2) is 83.6 Å². The normalized spacial score (nSPS) is 32.6. The number of likely N-dealkylation sites (N-methyl/N-ethyl adjacent to an activating group) is 2. The summed E-state index contributed by atoms with van der Waals surface area (Å²) in [5.74, 6) is 1.84. The Morgan fingerprint density at radius 2 is 1.05 bits per heavy atom. The first-order valence-electron chi connectivity index (χ1n) is 31.7. The summed E-state index contributed by atoms with van der Waals surface area (Å²) in [4.78, 5) is 76.7. The first-order valence-corrected chi connectivity index (χ1v) is 34.7. The standard InChI is InChI=1S/C32H39N7O8S.C29H36N8O7S/c1-4-33-28(40)24-23-25(47-31(2,3)46-23)29(45-24)39-16-36-22-26(34-15-35-27(22)39)37-30(41)44-20-6-5-7-21(11-20)48(42,43)38-32-12-17-8-18(13-32)10-19(9-17)14-32;1-2-30-26(40)23-21(38)22(39)27(44-23)37-14-33-20-24(31-13-32-25(20)37)35-28(41)34-18-4-3-5-19(9-18)45(42,43)36-29-10-15-6-16(11-29)8-17(7-15)12-29/h5-7,11,15-19,23-25,29,38H,4,8-10,12-14H2,1-3H3,(H,33,40)(H,34,35,37,41);3-5,9,13-17,21-23,27,36,38-39H,2,6-8,10-12H2,1H3,(H,30,40)(H2,31,32,34,35,41)/t17?,18?,19?,23-,24+,25-,29-,32?;15?,16?,17?,21-,22+,23-,27+,29?/m10/s1. The Bertz CT molecular complexity index is 4080. The van der Waals surface area contributed by atoms with Crippen LogP contribution >= 0.6 is 0 Å². The van der Waals surface area contributed by atoms with Crippen LogP contribution in [0.5, 0.6) is 5.75 Å². The highest BCUT2D eigenvalue weighted by molar-refractivity contribution is 7.89. The number of sulfonamides is 2. The van der Waals surface area contributed by atoms with Crippen LogP contribution in [0.2, 0.25) is 0 Å². The number of carbonyl (C=O) groups excluding carboxylic acids is 4. The molecule has 32 heteroatoms. The minimum absolute atomic E-state index is 0.0359. The number of ether oxygens (including phenoxy) is 5. The summed E-state index contributed by atoms with van der Waals surface area (Å²) in [5, 5.41) is 34.2. The van der Waals surface area contributed by atoms with Gasteiger partial charge in [-0.25, -0.2) is 65.8 Å². The molecule has 8 bridgehead atoms. The zero-order valence-electron chi connectivity index (χ0n) is 51.5. The molecule has 5 amide bonds. The van der Waals surface area contributed by atoms with Gasteiger partial charge in [-0.1, -0.05) is 12.1 Å². The van der Waals surface area contributed by atoms with E-state index in [1.807, 2.05) is 6.92 Å². The molecule has 7 heterocycles. The highest BCUT2D eigenvalue weighted by Gasteiger charge is 2.59. The third-order valence-corrected chi connectivity index (χ3v) is 22.9. The zero-order chi connectivity index (χ0) is 64.9. The Labute approximate surface area is 534 Å². The number of aliphatic hydroxyl groups excluding tert-OH is 2. The molecule has 6 aromatic rings. The van der Waals surface area contributed by atoms with Crippen LogP contribution in [0.1, 0.15) is 117 Å². The number of imidazole rings is 2. The Morgan fingerprint density at radius 1 is 0.581 bits per heavy atom. The number of aliphatic hydroxyl groups is 2. The fourth-order valence-electron chi connectivity index (χ4n) is 17.0. The number of hydrogen-bond donors (Lipinski definition) is 9. The van der Waals surface area contributed by atoms with Gasteiger partial charge >= 0.3 is 12.1 Å². The van der Waals surface area contributed by atoms with Gasteiger partial charge in [-0.15, -0.1) is 0 Å². The maximum atomic E-state index is 13.6. The molecule has 496 valence electrons. The average molecular weight is 1320 g/mol. The van der Waals surface area contributed by atoms with Crippen LogP contribution < -0.4 is 40.8 Å². The number of benzene rings is 2. The number of nitrogens with one attached hydrogen (secondary N) is 7. The molecule has 93 heavy (non-hydrogen) atoms. The number of nitrogens with zero attached hydrogens (tertiary/aromatic N) is 8. The average Bonchev–Trinajstić information content (AvgIpc) is 1.50. The number of carbonyl (C=O) groups is 4. The lowest BCUT2D eigenvalue weighted by Crippen LogP contribution is -2.59. The molecule has 8 atom stereocenters. The van der Waals surface area contributed by atoms with E-state index in [1.165, 1.54) is 98.7 Å². The highest BCUT2D eigenvalue weighted by Crippen LogP contribution is 2.57. The molecule has 8 aliphatic carbocycles. The van der Waals surface area contributed by atoms with Crippen LogP contribution in [-0.4, -0.2) is 157 Å². The summed E-state index contributed by atoms with van der Waals surface area (Å²) < 4.78 is 92.6. The van der Waals surface area contributed by atoms with Crippen LogP contribution in [0.25, 0.3) is 22.3 Å². The predicted octanol–water partition coefficient (Wildman–Crippen LogP) is 4.71. The van der Waals surface area contributed by atoms with Gasteiger partial charge < -0.3 is 49.8 Å². The van der Waals surface area contributed by atoms with Crippen molar-refractivity contribution in [3.05, 3.63) is 73.8 Å². The molecule has 8 saturated carbocycles. The number of rotatable bonds is 16. The van der Waals surface area contributed by atoms with E-state index in [0.29, 0.717) is 54.2 Å². The maximum Gasteiger partial charge on any atom is 0.418 e. The van der Waals surface area contributed by atoms with Crippen molar-refractivity contribution in [1.82, 2.24) is 59.1 Å². The van der Waals surface area contributed by atoms with E-state index in [2.05, 4.69) is 65.9 Å². The van der Waals surface area contributed by atoms with E-state index in [1.54, 1.807) is 43.5 Å². The summed E-state index contributed by atoms with van der Waals surface area (Å²) in [6.45, 7) is 7.82. The SMILES string of the molecule is CCNC(=O)[C@H]1O[C@@H](n2cnc3c(NC(=O)Nc4cccc(S(=O)(=O)NC56CC7CC(CC(C7)C5)C6)c4)ncnc32)[C@H](O)[C@@H]1O.CCNC(=O)[C@H]1O[C@@H](n2cnc3c(NC(=O)Oc4cccc(S(=O)(=O)NC56CC7CC(CC(C7)C5)C6)c4)ncnc32)[C@@H]2OC(C)(C)O[C@@H]21. The summed E-state index contributed by atoms with van der Waals surface area (Å²) >= 11 is 0. The van der Waals surface area contributed by atoms with Crippen molar-refractivity contribution in [1.29, 1.82) is 0 Å². The summed E-state index contributed by atoms with van der Waals surface area (Å²) in [7, 11) is -7.68. The molecule has 3 saturated heterocycles. The molecule has 3 aliphatic heterocycles. The summed E-state index contributed by atoms with van der Waals surface area (Å²) in [6, 6.07) is 11.3. The van der Waals surface area contributed by atoms with Gasteiger partial charge in [-0.2, -0.15) is 0 Å². The molecule has 4 aromatic heterocycles. The zero-order valence-corrected chi connectivity index (χ0v) is 53.1. The molecule has 0 spiro atoms. The Hall–Kier alpha value is -7.40. The van der Waals surface area contributed by atoms with E-state index in [9.17, 15) is 46.2 Å². The van der Waals surface area contributed by atoms with Crippen molar-refractivity contribution < 1.29 is 69.9 Å². The molecule has 0 radical (unpaired) electrons. The third kappa shape index (κ3) is 12.3. The van der Waals surface area contributed by atoms with E-state index in [-0.39, 0.29) is 55.5 Å². The maximum absolute atomic E-state index is 13.6. The van der Waals surface area contributed by atoms with Crippen LogP contribution in [0.3, 0.4) is 0 Å². The van der Waals surface area contributed by atoms with Gasteiger partial charge in [0.1, 0.15) is 42.8 Å². The number of hydrogen-bond acceptors (Lipinski definition) is 21. The number of fused-ring (bicyclic) bond motifs is 3. The quantitative estimate of drug-likeness (QED) is 0.0633. The second-order valence-corrected chi connectivity index (χ2v) is 30.4. The molecule has 0 unspecified atom stereocenters. The van der Waals surface area contributed by atoms with Gasteiger partial charge in [0.15, 0.2) is 64.4 Å². The minimum Gasteiger partial charge on any atom is -0.410 e. The van der Waals surface area contributed by atoms with Crippen molar-refractivity contribution in [2.75, 3.05) is 29.0 Å². The van der Waals surface area contributed by atoms with Crippen LogP contribution in [-0.2, 0) is 48.6 Å². The van der Waals surface area contributed by atoms with E-state index in [0.717, 1.165) is 38.5 Å². The molecule has 9 N–H and O–H groups in total. The Kier molecular flexibility index (Phi) is 16.3. The lowest BCUT2D eigenvalue weighted by Gasteiger charge is -2.56. The monoisotopic (exact) mass is 1320 g/mol. The first-order chi connectivity index (χ1) is 44.4. The van der Waals surface area contributed by atoms with E-state index in [4.69, 9.17) is 23.7 Å². The van der Waals surface area contributed by atoms with Gasteiger partial charge in [-0.05, 0) is 171 Å². The molecular weight excluding hydrogens is 1250 g/mol. The number of aromatic nitrogens is 8. The van der Waals surface area contributed by atoms with Crippen LogP contribution in [0.4, 0.5) is 26.9 Å². The largest absolute Gasteiger partial charge is 0.418 e. The van der Waals surface area contributed by atoms with Crippen LogP contribution in [0, 0.1) is 35.5 Å². The van der Waals surface area contributed by atoms with Crippen molar-refractivity contribution in [3.63, 3.8) is 0 Å². The molecule has 11 fully saturated rings. The highest BCUT2D eigenvalue weighted by atomic mass is 32.2. The van der Waals surface area contributed by atoms with Gasteiger partial charge in [0, 0.05) is 35.9 Å². The fourth-order valence-corrected chi connectivity index (χ4v) is 20.0. The van der Waals surface area contributed by atoms with E-state index >= 15 is 0 Å². The van der Waals surface area contributed by atoms with E-state index < -0.39 is 104 Å². The summed E-state index contributed by atoms with van der Waals surface area (Å²) in [6.07, 6.45) is 8.35. The van der Waals surface area contributed by atoms with Gasteiger partial charge in [-0.3, -0.25) is 29.4 Å². The second-order valence-electron chi connectivity index (χ2n) is 27.0.